The fraction of sp³-hybridized carbons (Fsp3) is 0.300. The smallest absolute Gasteiger partial charge is 0.268 e. The monoisotopic (exact) mass is 338 g/mol. The molecule has 3 rings (SSSR count). The van der Waals surface area contributed by atoms with Crippen molar-refractivity contribution in [2.75, 3.05) is 13.2 Å². The molecule has 1 aliphatic heterocycles. The van der Waals surface area contributed by atoms with E-state index >= 15 is 0 Å². The molecular weight excluding hydrogens is 316 g/mol. The molecule has 1 N–H and O–H groups in total. The Morgan fingerprint density at radius 2 is 2.08 bits per heavy atom. The molecule has 2 heterocycles. The molecule has 1 saturated heterocycles. The standard InChI is InChI=1S/C20H22N2O3/c1-15-7-9-16(10-8-15)13-18(22-11-3-2-6-19(22)23)20(24)21-14-17-5-4-12-25-17/h2-3,6-11,13,17H,4-5,12,14H2,1H3,(H,21,24)/b18-13+/t17-/m0/s1. The third-order valence-electron chi connectivity index (χ3n) is 4.21. The van der Waals surface area contributed by atoms with Crippen LogP contribution >= 0.6 is 0 Å². The van der Waals surface area contributed by atoms with Crippen LogP contribution in [0.15, 0.2) is 53.5 Å². The normalized spacial score (nSPS) is 17.5. The molecule has 1 atom stereocenters. The number of hydrogen-bond donors (Lipinski definition) is 1. The minimum absolute atomic E-state index is 0.0528. The first-order chi connectivity index (χ1) is 12.1. The second-order valence-corrected chi connectivity index (χ2v) is 6.19. The van der Waals surface area contributed by atoms with Gasteiger partial charge in [0.2, 0.25) is 0 Å². The maximum absolute atomic E-state index is 12.7. The van der Waals surface area contributed by atoms with E-state index in [4.69, 9.17) is 4.74 Å². The molecular formula is C20H22N2O3. The van der Waals surface area contributed by atoms with Gasteiger partial charge >= 0.3 is 0 Å². The summed E-state index contributed by atoms with van der Waals surface area (Å²) in [6, 6.07) is 12.6. The Balaban J connectivity index is 1.88. The summed E-state index contributed by atoms with van der Waals surface area (Å²) in [6.45, 7) is 3.20. The highest BCUT2D eigenvalue weighted by Gasteiger charge is 2.18. The largest absolute Gasteiger partial charge is 0.376 e. The Morgan fingerprint density at radius 1 is 1.28 bits per heavy atom. The van der Waals surface area contributed by atoms with E-state index in [0.717, 1.165) is 30.6 Å². The van der Waals surface area contributed by atoms with Gasteiger partial charge in [-0.25, -0.2) is 0 Å². The summed E-state index contributed by atoms with van der Waals surface area (Å²) >= 11 is 0. The topological polar surface area (TPSA) is 60.3 Å². The molecule has 2 aromatic rings. The number of ether oxygens (including phenoxy) is 1. The summed E-state index contributed by atoms with van der Waals surface area (Å²) in [5.74, 6) is -0.288. The number of rotatable bonds is 5. The van der Waals surface area contributed by atoms with Crippen molar-refractivity contribution in [2.45, 2.75) is 25.9 Å². The van der Waals surface area contributed by atoms with Gasteiger partial charge in [0, 0.05) is 25.4 Å². The molecule has 5 nitrogen and oxygen atoms in total. The van der Waals surface area contributed by atoms with Gasteiger partial charge in [-0.2, -0.15) is 0 Å². The average molecular weight is 338 g/mol. The molecule has 0 aliphatic carbocycles. The SMILES string of the molecule is Cc1ccc(/C=C(\C(=O)NC[C@@H]2CCCO2)n2ccccc2=O)cc1. The average Bonchev–Trinajstić information content (AvgIpc) is 3.13. The van der Waals surface area contributed by atoms with Crippen molar-refractivity contribution >= 4 is 17.7 Å². The molecule has 0 spiro atoms. The number of carbonyl (C=O) groups is 1. The number of amides is 1. The zero-order valence-corrected chi connectivity index (χ0v) is 14.3. The van der Waals surface area contributed by atoms with Gasteiger partial charge in [0.05, 0.1) is 6.10 Å². The predicted octanol–water partition coefficient (Wildman–Crippen LogP) is 2.45. The van der Waals surface area contributed by atoms with Crippen LogP contribution in [0.3, 0.4) is 0 Å². The van der Waals surface area contributed by atoms with E-state index in [0.29, 0.717) is 12.2 Å². The maximum Gasteiger partial charge on any atom is 0.268 e. The van der Waals surface area contributed by atoms with E-state index in [9.17, 15) is 9.59 Å². The lowest BCUT2D eigenvalue weighted by molar-refractivity contribution is -0.116. The summed E-state index contributed by atoms with van der Waals surface area (Å²) in [5, 5.41) is 2.89. The van der Waals surface area contributed by atoms with Crippen molar-refractivity contribution in [3.63, 3.8) is 0 Å². The number of pyridine rings is 1. The van der Waals surface area contributed by atoms with Crippen LogP contribution in [0.1, 0.15) is 24.0 Å². The number of benzene rings is 1. The van der Waals surface area contributed by atoms with Gasteiger partial charge in [0.15, 0.2) is 0 Å². The zero-order chi connectivity index (χ0) is 17.6. The van der Waals surface area contributed by atoms with Crippen LogP contribution in [-0.2, 0) is 9.53 Å². The van der Waals surface area contributed by atoms with Gasteiger partial charge in [-0.3, -0.25) is 14.2 Å². The lowest BCUT2D eigenvalue weighted by Gasteiger charge is -2.14. The van der Waals surface area contributed by atoms with Crippen molar-refractivity contribution in [2.24, 2.45) is 0 Å². The molecule has 0 radical (unpaired) electrons. The van der Waals surface area contributed by atoms with Crippen molar-refractivity contribution in [3.8, 4) is 0 Å². The molecule has 1 aromatic heterocycles. The molecule has 1 amide bonds. The van der Waals surface area contributed by atoms with E-state index in [1.54, 1.807) is 24.4 Å². The summed E-state index contributed by atoms with van der Waals surface area (Å²) in [4.78, 5) is 24.9. The fourth-order valence-electron chi connectivity index (χ4n) is 2.79. The van der Waals surface area contributed by atoms with Gasteiger partial charge in [-0.1, -0.05) is 35.9 Å². The van der Waals surface area contributed by atoms with Crippen molar-refractivity contribution in [3.05, 3.63) is 70.1 Å². The highest BCUT2D eigenvalue weighted by molar-refractivity contribution is 6.18. The number of aryl methyl sites for hydroxylation is 1. The molecule has 0 saturated carbocycles. The number of nitrogens with one attached hydrogen (secondary N) is 1. The first-order valence-corrected chi connectivity index (χ1v) is 8.50. The van der Waals surface area contributed by atoms with Crippen LogP contribution in [0.25, 0.3) is 11.8 Å². The quantitative estimate of drug-likeness (QED) is 0.852. The van der Waals surface area contributed by atoms with Crippen LogP contribution in [-0.4, -0.2) is 29.7 Å². The molecule has 0 unspecified atom stereocenters. The Hall–Kier alpha value is -2.66. The fourth-order valence-corrected chi connectivity index (χ4v) is 2.79. The van der Waals surface area contributed by atoms with E-state index in [2.05, 4.69) is 5.32 Å². The van der Waals surface area contributed by atoms with Crippen LogP contribution in [0.5, 0.6) is 0 Å². The first-order valence-electron chi connectivity index (χ1n) is 8.50. The third-order valence-corrected chi connectivity index (χ3v) is 4.21. The molecule has 25 heavy (non-hydrogen) atoms. The molecule has 0 bridgehead atoms. The van der Waals surface area contributed by atoms with Crippen LogP contribution in [0.4, 0.5) is 0 Å². The second kappa shape index (κ2) is 7.94. The lowest BCUT2D eigenvalue weighted by Crippen LogP contribution is -2.35. The van der Waals surface area contributed by atoms with Gasteiger partial charge in [-0.15, -0.1) is 0 Å². The van der Waals surface area contributed by atoms with E-state index in [1.165, 1.54) is 10.6 Å². The molecule has 1 fully saturated rings. The minimum atomic E-state index is -0.288. The Bertz CT molecular complexity index is 815. The number of hydrogen-bond acceptors (Lipinski definition) is 3. The highest BCUT2D eigenvalue weighted by atomic mass is 16.5. The third kappa shape index (κ3) is 4.45. The lowest BCUT2D eigenvalue weighted by atomic mass is 10.1. The molecule has 130 valence electrons. The summed E-state index contributed by atoms with van der Waals surface area (Å²) in [5.41, 5.74) is 2.06. The van der Waals surface area contributed by atoms with Crippen molar-refractivity contribution < 1.29 is 9.53 Å². The van der Waals surface area contributed by atoms with Crippen molar-refractivity contribution in [1.29, 1.82) is 0 Å². The Morgan fingerprint density at radius 3 is 2.76 bits per heavy atom. The van der Waals surface area contributed by atoms with Crippen LogP contribution in [0.2, 0.25) is 0 Å². The predicted molar refractivity (Wildman–Crippen MR) is 98.0 cm³/mol. The van der Waals surface area contributed by atoms with Gasteiger partial charge < -0.3 is 10.1 Å². The minimum Gasteiger partial charge on any atom is -0.376 e. The van der Waals surface area contributed by atoms with E-state index < -0.39 is 0 Å². The highest BCUT2D eigenvalue weighted by Crippen LogP contribution is 2.14. The Labute approximate surface area is 146 Å². The molecule has 1 aromatic carbocycles. The van der Waals surface area contributed by atoms with Gasteiger partial charge in [-0.05, 0) is 37.5 Å². The number of aromatic nitrogens is 1. The molecule has 5 heteroatoms. The number of carbonyl (C=O) groups excluding carboxylic acids is 1. The van der Waals surface area contributed by atoms with Gasteiger partial charge in [0.1, 0.15) is 5.70 Å². The van der Waals surface area contributed by atoms with Crippen LogP contribution < -0.4 is 10.9 Å². The Kier molecular flexibility index (Phi) is 5.46. The van der Waals surface area contributed by atoms with E-state index in [-0.39, 0.29) is 17.6 Å². The maximum atomic E-state index is 12.7. The summed E-state index contributed by atoms with van der Waals surface area (Å²) in [6.07, 6.45) is 5.35. The van der Waals surface area contributed by atoms with E-state index in [1.807, 2.05) is 31.2 Å². The first kappa shape index (κ1) is 17.2. The molecule has 1 aliphatic rings. The van der Waals surface area contributed by atoms with Crippen LogP contribution in [0, 0.1) is 6.92 Å². The number of nitrogens with zero attached hydrogens (tertiary/aromatic N) is 1. The second-order valence-electron chi connectivity index (χ2n) is 6.19. The van der Waals surface area contributed by atoms with Gasteiger partial charge in [0.25, 0.3) is 11.5 Å². The summed E-state index contributed by atoms with van der Waals surface area (Å²) in [7, 11) is 0. The summed E-state index contributed by atoms with van der Waals surface area (Å²) < 4.78 is 6.91. The van der Waals surface area contributed by atoms with Crippen molar-refractivity contribution in [1.82, 2.24) is 9.88 Å². The zero-order valence-electron chi connectivity index (χ0n) is 14.3.